The second-order valence-corrected chi connectivity index (χ2v) is 5.66. The summed E-state index contributed by atoms with van der Waals surface area (Å²) in [5, 5.41) is 0. The minimum atomic E-state index is -0.538. The van der Waals surface area contributed by atoms with E-state index in [4.69, 9.17) is 10.5 Å². The fourth-order valence-electron chi connectivity index (χ4n) is 3.06. The number of hydrogen-bond donors (Lipinski definition) is 1. The van der Waals surface area contributed by atoms with Crippen LogP contribution in [0.15, 0.2) is 18.2 Å². The summed E-state index contributed by atoms with van der Waals surface area (Å²) in [6.45, 7) is 2.12. The Balaban J connectivity index is 1.88. The van der Waals surface area contributed by atoms with E-state index in [1.165, 1.54) is 0 Å². The van der Waals surface area contributed by atoms with Crippen LogP contribution in [0.2, 0.25) is 0 Å². The molecule has 1 atom stereocenters. The minimum absolute atomic E-state index is 0.0282. The molecule has 1 aromatic carbocycles. The molecule has 2 N–H and O–H groups in total. The maximum absolute atomic E-state index is 12.5. The highest BCUT2D eigenvalue weighted by atomic mass is 16.5. The number of rotatable bonds is 3. The van der Waals surface area contributed by atoms with Crippen molar-refractivity contribution >= 4 is 17.5 Å². The molecular formula is C16H20N3O3. The first-order valence-corrected chi connectivity index (χ1v) is 7.63. The molecule has 22 heavy (non-hydrogen) atoms. The molecule has 1 radical (unpaired) electrons. The van der Waals surface area contributed by atoms with Crippen LogP contribution in [0.5, 0.6) is 5.75 Å². The first-order valence-electron chi connectivity index (χ1n) is 7.63. The fraction of sp³-hybridized carbons (Fsp3) is 0.500. The second-order valence-electron chi connectivity index (χ2n) is 5.66. The summed E-state index contributed by atoms with van der Waals surface area (Å²) in [5.74, 6) is 0.256. The Bertz CT molecular complexity index is 570. The Hall–Kier alpha value is -2.24. The first kappa shape index (κ1) is 14.7. The summed E-state index contributed by atoms with van der Waals surface area (Å²) in [6, 6.07) is 7.74. The van der Waals surface area contributed by atoms with Crippen LogP contribution < -0.4 is 15.4 Å². The van der Waals surface area contributed by atoms with Gasteiger partial charge in [0.15, 0.2) is 0 Å². The Morgan fingerprint density at radius 2 is 2.14 bits per heavy atom. The lowest BCUT2D eigenvalue weighted by Gasteiger charge is -2.31. The van der Waals surface area contributed by atoms with Gasteiger partial charge in [0, 0.05) is 19.5 Å². The van der Waals surface area contributed by atoms with Crippen LogP contribution >= 0.6 is 0 Å². The number of carbonyl (C=O) groups excluding carboxylic acids is 2. The van der Waals surface area contributed by atoms with Gasteiger partial charge in [-0.1, -0.05) is 6.07 Å². The van der Waals surface area contributed by atoms with Crippen molar-refractivity contribution in [3.63, 3.8) is 0 Å². The number of likely N-dealkylation sites (tertiary alicyclic amines) is 1. The molecule has 1 saturated heterocycles. The third kappa shape index (κ3) is 2.86. The standard InChI is InChI=1S/C16H20N3O3/c17-16(21)13-7-10-22-14-6-2-1-5-12(14)19(13)11-15(20)18-8-3-4-9-18/h2,5-6,13H,3-4,7-11H2,(H2,17,21). The molecule has 0 aromatic heterocycles. The van der Waals surface area contributed by atoms with Crippen molar-refractivity contribution in [1.82, 2.24) is 4.90 Å². The molecule has 3 rings (SSSR count). The molecule has 2 heterocycles. The Kier molecular flexibility index (Phi) is 4.18. The van der Waals surface area contributed by atoms with Crippen LogP contribution in [0.4, 0.5) is 5.69 Å². The lowest BCUT2D eigenvalue weighted by atomic mass is 10.1. The SMILES string of the molecule is NC(=O)C1CCOc2cc[c]cc2N1CC(=O)N1CCCC1. The predicted molar refractivity (Wildman–Crippen MR) is 81.5 cm³/mol. The molecular weight excluding hydrogens is 282 g/mol. The molecule has 117 valence electrons. The average Bonchev–Trinajstić information content (AvgIpc) is 2.98. The predicted octanol–water partition coefficient (Wildman–Crippen LogP) is 0.552. The minimum Gasteiger partial charge on any atom is -0.491 e. The van der Waals surface area contributed by atoms with Gasteiger partial charge in [-0.05, 0) is 31.0 Å². The lowest BCUT2D eigenvalue weighted by molar-refractivity contribution is -0.128. The number of carbonyl (C=O) groups is 2. The molecule has 2 aliphatic rings. The average molecular weight is 302 g/mol. The smallest absolute Gasteiger partial charge is 0.242 e. The highest BCUT2D eigenvalue weighted by molar-refractivity contribution is 5.89. The van der Waals surface area contributed by atoms with E-state index < -0.39 is 11.9 Å². The van der Waals surface area contributed by atoms with Crippen molar-refractivity contribution in [1.29, 1.82) is 0 Å². The van der Waals surface area contributed by atoms with E-state index in [9.17, 15) is 9.59 Å². The maximum Gasteiger partial charge on any atom is 0.242 e. The normalized spacial score (nSPS) is 21.0. The van der Waals surface area contributed by atoms with Crippen LogP contribution in [0.25, 0.3) is 0 Å². The van der Waals surface area contributed by atoms with Gasteiger partial charge in [0.2, 0.25) is 11.8 Å². The molecule has 0 spiro atoms. The second kappa shape index (κ2) is 6.25. The fourth-order valence-corrected chi connectivity index (χ4v) is 3.06. The van der Waals surface area contributed by atoms with Crippen LogP contribution in [-0.2, 0) is 9.59 Å². The van der Waals surface area contributed by atoms with Gasteiger partial charge in [-0.2, -0.15) is 0 Å². The topological polar surface area (TPSA) is 75.9 Å². The van der Waals surface area contributed by atoms with Crippen LogP contribution in [-0.4, -0.2) is 49.0 Å². The van der Waals surface area contributed by atoms with Gasteiger partial charge in [-0.3, -0.25) is 9.59 Å². The summed E-state index contributed by atoms with van der Waals surface area (Å²) in [4.78, 5) is 27.9. The van der Waals surface area contributed by atoms with E-state index in [1.54, 1.807) is 23.1 Å². The summed E-state index contributed by atoms with van der Waals surface area (Å²) in [7, 11) is 0. The van der Waals surface area contributed by atoms with Crippen LogP contribution in [0, 0.1) is 6.07 Å². The monoisotopic (exact) mass is 302 g/mol. The summed E-state index contributed by atoms with van der Waals surface area (Å²) in [6.07, 6.45) is 2.55. The third-order valence-electron chi connectivity index (χ3n) is 4.23. The van der Waals surface area contributed by atoms with Gasteiger partial charge in [0.1, 0.15) is 11.8 Å². The summed E-state index contributed by atoms with van der Waals surface area (Å²) < 4.78 is 5.67. The molecule has 2 aliphatic heterocycles. The number of anilines is 1. The van der Waals surface area contributed by atoms with Gasteiger partial charge in [0.05, 0.1) is 18.8 Å². The van der Waals surface area contributed by atoms with Gasteiger partial charge >= 0.3 is 0 Å². The quantitative estimate of drug-likeness (QED) is 0.885. The number of primary amides is 1. The number of benzene rings is 1. The number of nitrogens with two attached hydrogens (primary N) is 1. The zero-order chi connectivity index (χ0) is 15.5. The molecule has 6 heteroatoms. The number of ether oxygens (including phenoxy) is 1. The zero-order valence-electron chi connectivity index (χ0n) is 12.5. The van der Waals surface area contributed by atoms with E-state index >= 15 is 0 Å². The first-order chi connectivity index (χ1) is 10.7. The molecule has 1 fully saturated rings. The molecule has 2 amide bonds. The van der Waals surface area contributed by atoms with Crippen molar-refractivity contribution in [2.75, 3.05) is 31.1 Å². The van der Waals surface area contributed by atoms with Crippen molar-refractivity contribution in [3.05, 3.63) is 24.3 Å². The number of amides is 2. The van der Waals surface area contributed by atoms with Crippen molar-refractivity contribution in [2.24, 2.45) is 5.73 Å². The number of nitrogens with zero attached hydrogens (tertiary/aromatic N) is 2. The summed E-state index contributed by atoms with van der Waals surface area (Å²) in [5.41, 5.74) is 6.25. The molecule has 6 nitrogen and oxygen atoms in total. The largest absolute Gasteiger partial charge is 0.491 e. The molecule has 1 aromatic rings. The Morgan fingerprint density at radius 3 is 2.86 bits per heavy atom. The van der Waals surface area contributed by atoms with Crippen molar-refractivity contribution in [2.45, 2.75) is 25.3 Å². The number of hydrogen-bond acceptors (Lipinski definition) is 4. The van der Waals surface area contributed by atoms with E-state index in [0.29, 0.717) is 24.5 Å². The van der Waals surface area contributed by atoms with E-state index in [-0.39, 0.29) is 12.5 Å². The van der Waals surface area contributed by atoms with E-state index in [1.807, 2.05) is 4.90 Å². The van der Waals surface area contributed by atoms with Gasteiger partial charge in [-0.25, -0.2) is 0 Å². The zero-order valence-corrected chi connectivity index (χ0v) is 12.5. The Morgan fingerprint density at radius 1 is 1.36 bits per heavy atom. The number of fused-ring (bicyclic) bond motifs is 1. The van der Waals surface area contributed by atoms with Crippen molar-refractivity contribution < 1.29 is 14.3 Å². The van der Waals surface area contributed by atoms with Crippen molar-refractivity contribution in [3.8, 4) is 5.75 Å². The highest BCUT2D eigenvalue weighted by Gasteiger charge is 2.32. The summed E-state index contributed by atoms with van der Waals surface area (Å²) >= 11 is 0. The van der Waals surface area contributed by atoms with E-state index in [2.05, 4.69) is 6.07 Å². The van der Waals surface area contributed by atoms with E-state index in [0.717, 1.165) is 25.9 Å². The lowest BCUT2D eigenvalue weighted by Crippen LogP contribution is -2.49. The molecule has 0 bridgehead atoms. The van der Waals surface area contributed by atoms with Gasteiger partial charge < -0.3 is 20.3 Å². The van der Waals surface area contributed by atoms with Gasteiger partial charge in [0.25, 0.3) is 0 Å². The molecule has 0 saturated carbocycles. The Labute approximate surface area is 129 Å². The molecule has 1 unspecified atom stereocenters. The maximum atomic E-state index is 12.5. The molecule has 0 aliphatic carbocycles. The van der Waals surface area contributed by atoms with Gasteiger partial charge in [-0.15, -0.1) is 0 Å². The highest BCUT2D eigenvalue weighted by Crippen LogP contribution is 2.32. The third-order valence-corrected chi connectivity index (χ3v) is 4.23. The van der Waals surface area contributed by atoms with Crippen LogP contribution in [0.3, 0.4) is 0 Å². The van der Waals surface area contributed by atoms with Crippen LogP contribution in [0.1, 0.15) is 19.3 Å².